The molecule has 1 aromatic heterocycles. The summed E-state index contributed by atoms with van der Waals surface area (Å²) in [5.74, 6) is 0.344. The average Bonchev–Trinajstić information content (AvgIpc) is 3.09. The molecule has 110 valence electrons. The molecule has 2 atom stereocenters. The van der Waals surface area contributed by atoms with Crippen molar-refractivity contribution in [2.45, 2.75) is 51.6 Å². The second kappa shape index (κ2) is 6.88. The molecule has 5 heteroatoms. The largest absolute Gasteiger partial charge is 0.346 e. The van der Waals surface area contributed by atoms with Crippen LogP contribution in [0.1, 0.15) is 50.4 Å². The lowest BCUT2D eigenvalue weighted by Gasteiger charge is -2.26. The first kappa shape index (κ1) is 15.0. The summed E-state index contributed by atoms with van der Waals surface area (Å²) < 4.78 is 0. The molecule has 2 amide bonds. The molecular formula is C15H22N2O2S. The fourth-order valence-electron chi connectivity index (χ4n) is 2.71. The Hall–Kier alpha value is -1.36. The minimum absolute atomic E-state index is 0.0274. The van der Waals surface area contributed by atoms with Gasteiger partial charge in [0, 0.05) is 11.3 Å². The number of nitrogens with one attached hydrogen (secondary N) is 2. The van der Waals surface area contributed by atoms with Crippen LogP contribution in [0, 0.1) is 5.92 Å². The summed E-state index contributed by atoms with van der Waals surface area (Å²) in [7, 11) is 0. The van der Waals surface area contributed by atoms with Gasteiger partial charge in [-0.05, 0) is 23.8 Å². The summed E-state index contributed by atoms with van der Waals surface area (Å²) in [6, 6.07) is 3.77. The number of rotatable bonds is 6. The zero-order valence-electron chi connectivity index (χ0n) is 12.0. The Morgan fingerprint density at radius 1 is 1.50 bits per heavy atom. The Morgan fingerprint density at radius 3 is 2.75 bits per heavy atom. The molecule has 1 fully saturated rings. The van der Waals surface area contributed by atoms with E-state index in [0.29, 0.717) is 18.8 Å². The summed E-state index contributed by atoms with van der Waals surface area (Å²) in [5.41, 5.74) is 0. The van der Waals surface area contributed by atoms with Crippen LogP contribution in [0.25, 0.3) is 0 Å². The van der Waals surface area contributed by atoms with Crippen molar-refractivity contribution in [3.8, 4) is 0 Å². The zero-order chi connectivity index (χ0) is 14.5. The smallest absolute Gasteiger partial charge is 0.243 e. The fourth-order valence-corrected chi connectivity index (χ4v) is 3.58. The molecule has 1 saturated heterocycles. The first-order valence-corrected chi connectivity index (χ1v) is 8.16. The van der Waals surface area contributed by atoms with Crippen LogP contribution in [0.3, 0.4) is 0 Å². The fraction of sp³-hybridized carbons (Fsp3) is 0.600. The van der Waals surface area contributed by atoms with Gasteiger partial charge in [-0.3, -0.25) is 9.59 Å². The van der Waals surface area contributed by atoms with Crippen LogP contribution in [-0.4, -0.2) is 17.9 Å². The zero-order valence-corrected chi connectivity index (χ0v) is 12.8. The monoisotopic (exact) mass is 294 g/mol. The summed E-state index contributed by atoms with van der Waals surface area (Å²) >= 11 is 1.67. The molecule has 0 spiro atoms. The topological polar surface area (TPSA) is 58.2 Å². The first-order valence-electron chi connectivity index (χ1n) is 7.28. The molecule has 0 aromatic carbocycles. The van der Waals surface area contributed by atoms with Gasteiger partial charge in [-0.1, -0.05) is 32.8 Å². The summed E-state index contributed by atoms with van der Waals surface area (Å²) in [4.78, 5) is 24.7. The molecule has 2 rings (SSSR count). The van der Waals surface area contributed by atoms with Gasteiger partial charge in [0.25, 0.3) is 0 Å². The van der Waals surface area contributed by atoms with E-state index in [1.54, 1.807) is 11.3 Å². The van der Waals surface area contributed by atoms with Crippen molar-refractivity contribution in [3.05, 3.63) is 22.4 Å². The van der Waals surface area contributed by atoms with Crippen LogP contribution in [0.2, 0.25) is 0 Å². The van der Waals surface area contributed by atoms with Crippen molar-refractivity contribution >= 4 is 23.2 Å². The number of carbonyl (C=O) groups excluding carboxylic acids is 2. The third-order valence-corrected chi connectivity index (χ3v) is 4.93. The molecule has 2 heterocycles. The summed E-state index contributed by atoms with van der Waals surface area (Å²) in [6.45, 7) is 4.30. The number of hydrogen-bond acceptors (Lipinski definition) is 3. The van der Waals surface area contributed by atoms with Crippen LogP contribution < -0.4 is 10.6 Å². The Balaban J connectivity index is 2.07. The Morgan fingerprint density at radius 2 is 2.25 bits per heavy atom. The minimum atomic E-state index is -0.362. The highest BCUT2D eigenvalue weighted by Crippen LogP contribution is 2.30. The molecule has 20 heavy (non-hydrogen) atoms. The van der Waals surface area contributed by atoms with E-state index < -0.39 is 0 Å². The molecule has 0 radical (unpaired) electrons. The lowest BCUT2D eigenvalue weighted by atomic mass is 9.92. The van der Waals surface area contributed by atoms with Crippen LogP contribution in [-0.2, 0) is 9.59 Å². The van der Waals surface area contributed by atoms with Crippen molar-refractivity contribution in [1.29, 1.82) is 0 Å². The maximum absolute atomic E-state index is 12.3. The van der Waals surface area contributed by atoms with Crippen molar-refractivity contribution in [2.75, 3.05) is 0 Å². The molecule has 1 aliphatic heterocycles. The van der Waals surface area contributed by atoms with E-state index in [9.17, 15) is 9.59 Å². The molecule has 0 aliphatic carbocycles. The Kier molecular flexibility index (Phi) is 5.17. The third kappa shape index (κ3) is 3.39. The van der Waals surface area contributed by atoms with Crippen molar-refractivity contribution in [2.24, 2.45) is 5.92 Å². The van der Waals surface area contributed by atoms with Gasteiger partial charge in [0.05, 0.1) is 6.04 Å². The SMILES string of the molecule is CCC(CC)[C@H](NC(=O)[C@H]1CCC(=O)N1)c1cccs1. The van der Waals surface area contributed by atoms with E-state index in [1.807, 2.05) is 11.4 Å². The van der Waals surface area contributed by atoms with Gasteiger partial charge in [0.2, 0.25) is 11.8 Å². The average molecular weight is 294 g/mol. The van der Waals surface area contributed by atoms with Crippen molar-refractivity contribution in [1.82, 2.24) is 10.6 Å². The van der Waals surface area contributed by atoms with E-state index in [0.717, 1.165) is 12.8 Å². The Labute approximate surface area is 124 Å². The molecule has 0 bridgehead atoms. The van der Waals surface area contributed by atoms with Gasteiger partial charge < -0.3 is 10.6 Å². The van der Waals surface area contributed by atoms with Gasteiger partial charge in [-0.2, -0.15) is 0 Å². The third-order valence-electron chi connectivity index (χ3n) is 3.98. The van der Waals surface area contributed by atoms with E-state index in [-0.39, 0.29) is 23.9 Å². The molecule has 1 aliphatic rings. The van der Waals surface area contributed by atoms with Crippen molar-refractivity contribution in [3.63, 3.8) is 0 Å². The van der Waals surface area contributed by atoms with Crippen LogP contribution >= 0.6 is 11.3 Å². The normalized spacial score (nSPS) is 19.9. The van der Waals surface area contributed by atoms with Crippen LogP contribution in [0.5, 0.6) is 0 Å². The minimum Gasteiger partial charge on any atom is -0.346 e. The van der Waals surface area contributed by atoms with Crippen LogP contribution in [0.15, 0.2) is 17.5 Å². The molecule has 2 N–H and O–H groups in total. The predicted octanol–water partition coefficient (Wildman–Crippen LogP) is 2.62. The number of hydrogen-bond donors (Lipinski definition) is 2. The van der Waals surface area contributed by atoms with Gasteiger partial charge in [0.15, 0.2) is 0 Å². The molecular weight excluding hydrogens is 272 g/mol. The highest BCUT2D eigenvalue weighted by molar-refractivity contribution is 7.10. The summed E-state index contributed by atoms with van der Waals surface area (Å²) in [6.07, 6.45) is 3.10. The number of amides is 2. The van der Waals surface area contributed by atoms with Crippen molar-refractivity contribution < 1.29 is 9.59 Å². The quantitative estimate of drug-likeness (QED) is 0.847. The maximum Gasteiger partial charge on any atom is 0.243 e. The highest BCUT2D eigenvalue weighted by Gasteiger charge is 2.31. The molecule has 0 unspecified atom stereocenters. The number of carbonyl (C=O) groups is 2. The molecule has 4 nitrogen and oxygen atoms in total. The van der Waals surface area contributed by atoms with Gasteiger partial charge in [0.1, 0.15) is 6.04 Å². The Bertz CT molecular complexity index is 454. The van der Waals surface area contributed by atoms with Crippen LogP contribution in [0.4, 0.5) is 0 Å². The molecule has 0 saturated carbocycles. The predicted molar refractivity (Wildman–Crippen MR) is 80.4 cm³/mol. The molecule has 1 aromatic rings. The van der Waals surface area contributed by atoms with E-state index in [4.69, 9.17) is 0 Å². The summed E-state index contributed by atoms with van der Waals surface area (Å²) in [5, 5.41) is 7.91. The standard InChI is InChI=1S/C15H22N2O2S/c1-3-10(4-2)14(12-6-5-9-20-12)17-15(19)11-7-8-13(18)16-11/h5-6,9-11,14H,3-4,7-8H2,1-2H3,(H,16,18)(H,17,19)/t11-,14+/m1/s1. The second-order valence-corrected chi connectivity index (χ2v) is 6.22. The highest BCUT2D eigenvalue weighted by atomic mass is 32.1. The lowest BCUT2D eigenvalue weighted by Crippen LogP contribution is -2.44. The van der Waals surface area contributed by atoms with Gasteiger partial charge in [-0.15, -0.1) is 11.3 Å². The number of thiophene rings is 1. The maximum atomic E-state index is 12.3. The first-order chi connectivity index (χ1) is 9.65. The van der Waals surface area contributed by atoms with Gasteiger partial charge >= 0.3 is 0 Å². The van der Waals surface area contributed by atoms with E-state index in [2.05, 4.69) is 30.5 Å². The van der Waals surface area contributed by atoms with E-state index >= 15 is 0 Å². The van der Waals surface area contributed by atoms with E-state index in [1.165, 1.54) is 4.88 Å². The lowest BCUT2D eigenvalue weighted by molar-refractivity contribution is -0.126. The second-order valence-electron chi connectivity index (χ2n) is 5.24. The van der Waals surface area contributed by atoms with Gasteiger partial charge in [-0.25, -0.2) is 0 Å².